The van der Waals surface area contributed by atoms with E-state index in [0.717, 1.165) is 12.1 Å². The van der Waals surface area contributed by atoms with Crippen molar-refractivity contribution in [1.29, 1.82) is 0 Å². The minimum Gasteiger partial charge on any atom is -0.325 e. The summed E-state index contributed by atoms with van der Waals surface area (Å²) in [5.41, 5.74) is 1.52. The van der Waals surface area contributed by atoms with E-state index in [0.29, 0.717) is 12.2 Å². The van der Waals surface area contributed by atoms with Gasteiger partial charge in [0.05, 0.1) is 11.5 Å². The highest BCUT2D eigenvalue weighted by Crippen LogP contribution is 2.17. The largest absolute Gasteiger partial charge is 0.325 e. The zero-order valence-electron chi connectivity index (χ0n) is 12.9. The van der Waals surface area contributed by atoms with E-state index < -0.39 is 4.92 Å². The molecular formula is C17H19N3O3. The molecule has 0 aliphatic rings. The molecule has 120 valence electrons. The molecule has 2 aromatic rings. The molecule has 0 unspecified atom stereocenters. The Morgan fingerprint density at radius 3 is 2.57 bits per heavy atom. The normalized spacial score (nSPS) is 10.5. The number of nitro benzene ring substituents is 1. The Bertz CT molecular complexity index is 674. The van der Waals surface area contributed by atoms with Gasteiger partial charge in [0.1, 0.15) is 0 Å². The van der Waals surface area contributed by atoms with Crippen molar-refractivity contribution in [2.24, 2.45) is 0 Å². The van der Waals surface area contributed by atoms with Crippen LogP contribution in [0.3, 0.4) is 0 Å². The first-order valence-corrected chi connectivity index (χ1v) is 7.39. The Labute approximate surface area is 134 Å². The number of benzene rings is 2. The first kappa shape index (κ1) is 16.6. The molecule has 0 spiro atoms. The molecule has 1 amide bonds. The van der Waals surface area contributed by atoms with Gasteiger partial charge < -0.3 is 5.32 Å². The molecule has 6 heteroatoms. The molecule has 6 nitrogen and oxygen atoms in total. The van der Waals surface area contributed by atoms with Crippen molar-refractivity contribution in [3.8, 4) is 0 Å². The van der Waals surface area contributed by atoms with Gasteiger partial charge in [0, 0.05) is 24.4 Å². The maximum absolute atomic E-state index is 12.1. The molecule has 1 N–H and O–H groups in total. The van der Waals surface area contributed by atoms with E-state index in [1.807, 2.05) is 42.2 Å². The predicted molar refractivity (Wildman–Crippen MR) is 89.1 cm³/mol. The maximum atomic E-state index is 12.1. The van der Waals surface area contributed by atoms with Gasteiger partial charge in [0.25, 0.3) is 5.69 Å². The summed E-state index contributed by atoms with van der Waals surface area (Å²) in [6.07, 6.45) is 0. The maximum Gasteiger partial charge on any atom is 0.271 e. The number of nitrogens with one attached hydrogen (secondary N) is 1. The van der Waals surface area contributed by atoms with Crippen molar-refractivity contribution in [2.45, 2.75) is 13.5 Å². The van der Waals surface area contributed by atoms with Crippen molar-refractivity contribution >= 4 is 17.3 Å². The molecule has 0 saturated heterocycles. The molecule has 2 rings (SSSR count). The van der Waals surface area contributed by atoms with Crippen LogP contribution in [-0.2, 0) is 11.3 Å². The average molecular weight is 313 g/mol. The number of nitro groups is 1. The van der Waals surface area contributed by atoms with Crippen molar-refractivity contribution in [1.82, 2.24) is 4.90 Å². The second-order valence-corrected chi connectivity index (χ2v) is 5.14. The topological polar surface area (TPSA) is 75.5 Å². The molecule has 0 aromatic heterocycles. The van der Waals surface area contributed by atoms with Gasteiger partial charge in [-0.25, -0.2) is 0 Å². The van der Waals surface area contributed by atoms with Gasteiger partial charge in [0.15, 0.2) is 0 Å². The number of carbonyl (C=O) groups is 1. The van der Waals surface area contributed by atoms with Gasteiger partial charge in [0.2, 0.25) is 5.91 Å². The van der Waals surface area contributed by atoms with Gasteiger partial charge in [-0.15, -0.1) is 0 Å². The number of anilines is 1. The second kappa shape index (κ2) is 8.05. The highest BCUT2D eigenvalue weighted by molar-refractivity contribution is 5.92. The van der Waals surface area contributed by atoms with E-state index in [2.05, 4.69) is 5.32 Å². The summed E-state index contributed by atoms with van der Waals surface area (Å²) in [6, 6.07) is 15.8. The first-order valence-electron chi connectivity index (χ1n) is 7.39. The Kier molecular flexibility index (Phi) is 5.82. The minimum absolute atomic E-state index is 0.0422. The molecule has 0 aliphatic heterocycles. The summed E-state index contributed by atoms with van der Waals surface area (Å²) in [7, 11) is 0. The van der Waals surface area contributed by atoms with Gasteiger partial charge >= 0.3 is 0 Å². The van der Waals surface area contributed by atoms with E-state index >= 15 is 0 Å². The molecule has 0 heterocycles. The lowest BCUT2D eigenvalue weighted by Gasteiger charge is -2.19. The fraction of sp³-hybridized carbons (Fsp3) is 0.235. The SMILES string of the molecule is CCN(CC(=O)Nc1cccc([N+](=O)[O-])c1)Cc1ccccc1. The summed E-state index contributed by atoms with van der Waals surface area (Å²) < 4.78 is 0. The smallest absolute Gasteiger partial charge is 0.271 e. The van der Waals surface area contributed by atoms with Crippen molar-refractivity contribution in [3.63, 3.8) is 0 Å². The summed E-state index contributed by atoms with van der Waals surface area (Å²) >= 11 is 0. The van der Waals surface area contributed by atoms with Crippen LogP contribution < -0.4 is 5.32 Å². The van der Waals surface area contributed by atoms with Crippen LogP contribution in [0.4, 0.5) is 11.4 Å². The fourth-order valence-electron chi connectivity index (χ4n) is 2.22. The van der Waals surface area contributed by atoms with Crippen molar-refractivity contribution in [2.75, 3.05) is 18.4 Å². The van der Waals surface area contributed by atoms with Crippen LogP contribution in [0.2, 0.25) is 0 Å². The summed E-state index contributed by atoms with van der Waals surface area (Å²) in [4.78, 5) is 24.4. The second-order valence-electron chi connectivity index (χ2n) is 5.14. The number of likely N-dealkylation sites (N-methyl/N-ethyl adjacent to an activating group) is 1. The number of rotatable bonds is 7. The molecular weight excluding hydrogens is 294 g/mol. The van der Waals surface area contributed by atoms with E-state index in [4.69, 9.17) is 0 Å². The Hall–Kier alpha value is -2.73. The van der Waals surface area contributed by atoms with Crippen molar-refractivity contribution < 1.29 is 9.72 Å². The molecule has 23 heavy (non-hydrogen) atoms. The average Bonchev–Trinajstić information content (AvgIpc) is 2.55. The van der Waals surface area contributed by atoms with Gasteiger partial charge in [-0.1, -0.05) is 43.3 Å². The van der Waals surface area contributed by atoms with Crippen LogP contribution in [0.1, 0.15) is 12.5 Å². The van der Waals surface area contributed by atoms with Gasteiger partial charge in [-0.3, -0.25) is 19.8 Å². The minimum atomic E-state index is -0.483. The number of nitrogens with zero attached hydrogens (tertiary/aromatic N) is 2. The van der Waals surface area contributed by atoms with Gasteiger partial charge in [-0.05, 0) is 18.2 Å². The quantitative estimate of drug-likeness (QED) is 0.629. The molecule has 0 fully saturated rings. The van der Waals surface area contributed by atoms with E-state index in [9.17, 15) is 14.9 Å². The third-order valence-electron chi connectivity index (χ3n) is 3.40. The zero-order valence-corrected chi connectivity index (χ0v) is 12.9. The number of non-ortho nitro benzene ring substituents is 1. The van der Waals surface area contributed by atoms with E-state index in [1.54, 1.807) is 12.1 Å². The van der Waals surface area contributed by atoms with Crippen molar-refractivity contribution in [3.05, 3.63) is 70.3 Å². The van der Waals surface area contributed by atoms with Crippen LogP contribution in [0.5, 0.6) is 0 Å². The molecule has 0 bridgehead atoms. The standard InChI is InChI=1S/C17H19N3O3/c1-2-19(12-14-7-4-3-5-8-14)13-17(21)18-15-9-6-10-16(11-15)20(22)23/h3-11H,2,12-13H2,1H3,(H,18,21). The summed E-state index contributed by atoms with van der Waals surface area (Å²) in [6.45, 7) is 3.63. The van der Waals surface area contributed by atoms with Crippen LogP contribution in [0.25, 0.3) is 0 Å². The highest BCUT2D eigenvalue weighted by Gasteiger charge is 2.12. The molecule has 0 atom stereocenters. The number of amides is 1. The molecule has 0 aliphatic carbocycles. The lowest BCUT2D eigenvalue weighted by molar-refractivity contribution is -0.384. The highest BCUT2D eigenvalue weighted by atomic mass is 16.6. The fourth-order valence-corrected chi connectivity index (χ4v) is 2.22. The van der Waals surface area contributed by atoms with Crippen LogP contribution in [0, 0.1) is 10.1 Å². The van der Waals surface area contributed by atoms with Gasteiger partial charge in [-0.2, -0.15) is 0 Å². The molecule has 0 saturated carbocycles. The Morgan fingerprint density at radius 2 is 1.91 bits per heavy atom. The first-order chi connectivity index (χ1) is 11.1. The number of hydrogen-bond acceptors (Lipinski definition) is 4. The summed E-state index contributed by atoms with van der Waals surface area (Å²) in [5, 5.41) is 13.5. The van der Waals surface area contributed by atoms with E-state index in [1.165, 1.54) is 12.1 Å². The van der Waals surface area contributed by atoms with Crippen LogP contribution in [-0.4, -0.2) is 28.8 Å². The Balaban J connectivity index is 1.95. The van der Waals surface area contributed by atoms with Crippen LogP contribution in [0.15, 0.2) is 54.6 Å². The number of hydrogen-bond donors (Lipinski definition) is 1. The van der Waals surface area contributed by atoms with E-state index in [-0.39, 0.29) is 18.1 Å². The third kappa shape index (κ3) is 5.19. The predicted octanol–water partition coefficient (Wildman–Crippen LogP) is 3.06. The lowest BCUT2D eigenvalue weighted by atomic mass is 10.2. The third-order valence-corrected chi connectivity index (χ3v) is 3.40. The lowest BCUT2D eigenvalue weighted by Crippen LogP contribution is -2.32. The summed E-state index contributed by atoms with van der Waals surface area (Å²) in [5.74, 6) is -0.191. The van der Waals surface area contributed by atoms with Crippen LogP contribution >= 0.6 is 0 Å². The molecule has 2 aromatic carbocycles. The molecule has 0 radical (unpaired) electrons. The Morgan fingerprint density at radius 1 is 1.17 bits per heavy atom. The number of carbonyl (C=O) groups excluding carboxylic acids is 1. The zero-order chi connectivity index (χ0) is 16.7. The monoisotopic (exact) mass is 313 g/mol.